The van der Waals surface area contributed by atoms with Crippen LogP contribution in [0.3, 0.4) is 0 Å². The maximum atomic E-state index is 15.0. The molecule has 0 spiro atoms. The van der Waals surface area contributed by atoms with Crippen molar-refractivity contribution in [2.24, 2.45) is 0 Å². The lowest BCUT2D eigenvalue weighted by molar-refractivity contribution is -0.140. The molecule has 1 N–H and O–H groups in total. The second-order valence-corrected chi connectivity index (χ2v) is 12.3. The lowest BCUT2D eigenvalue weighted by Crippen LogP contribution is -2.54. The molecule has 0 aliphatic rings. The van der Waals surface area contributed by atoms with E-state index in [1.807, 2.05) is 44.2 Å². The fourth-order valence-corrected chi connectivity index (χ4v) is 6.08. The molecule has 0 saturated heterocycles. The zero-order valence-corrected chi connectivity index (χ0v) is 25.4. The van der Waals surface area contributed by atoms with Crippen molar-refractivity contribution in [3.63, 3.8) is 0 Å². The molecule has 0 aromatic heterocycles. The third-order valence-corrected chi connectivity index (χ3v) is 9.08. The minimum absolute atomic E-state index is 0.110. The molecule has 0 heterocycles. The van der Waals surface area contributed by atoms with Crippen LogP contribution in [0.15, 0.2) is 114 Å². The molecule has 2 atom stereocenters. The minimum Gasteiger partial charge on any atom is -0.352 e. The van der Waals surface area contributed by atoms with Gasteiger partial charge in [-0.25, -0.2) is 17.2 Å². The number of sulfonamides is 1. The first-order valence-corrected chi connectivity index (χ1v) is 15.7. The van der Waals surface area contributed by atoms with Crippen molar-refractivity contribution in [3.8, 4) is 0 Å². The number of carbonyl (C=O) groups is 2. The van der Waals surface area contributed by atoms with Crippen molar-refractivity contribution < 1.29 is 26.8 Å². The number of halogens is 2. The van der Waals surface area contributed by atoms with Gasteiger partial charge in [0.1, 0.15) is 24.2 Å². The molecule has 4 rings (SSSR count). The van der Waals surface area contributed by atoms with Crippen LogP contribution in [0.1, 0.15) is 31.4 Å². The van der Waals surface area contributed by atoms with Crippen LogP contribution < -0.4 is 9.62 Å². The average molecular weight is 620 g/mol. The standard InChI is InChI=1S/C34H35F2N3O4S/c1-3-25(2)37-34(41)32(22-26-12-6-4-7-13-26)38(23-27-14-10-11-17-31(27)36)33(40)24-39(29-15-8-5-9-16-29)44(42,43)30-20-18-28(35)19-21-30/h4-21,25,32H,3,22-24H2,1-2H3,(H,37,41). The van der Waals surface area contributed by atoms with Gasteiger partial charge in [-0.2, -0.15) is 0 Å². The summed E-state index contributed by atoms with van der Waals surface area (Å²) < 4.78 is 57.3. The Bertz CT molecular complexity index is 1650. The highest BCUT2D eigenvalue weighted by Crippen LogP contribution is 2.25. The summed E-state index contributed by atoms with van der Waals surface area (Å²) in [6.07, 6.45) is 0.752. The fourth-order valence-electron chi connectivity index (χ4n) is 4.66. The number of para-hydroxylation sites is 1. The molecule has 2 unspecified atom stereocenters. The average Bonchev–Trinajstić information content (AvgIpc) is 3.03. The largest absolute Gasteiger partial charge is 0.352 e. The Labute approximate surface area is 257 Å². The van der Waals surface area contributed by atoms with Crippen LogP contribution in [0.25, 0.3) is 0 Å². The number of carbonyl (C=O) groups excluding carboxylic acids is 2. The van der Waals surface area contributed by atoms with Gasteiger partial charge in [-0.1, -0.05) is 73.7 Å². The number of nitrogens with one attached hydrogen (secondary N) is 1. The molecular formula is C34H35F2N3O4S. The molecule has 4 aromatic rings. The van der Waals surface area contributed by atoms with Crippen LogP contribution in [-0.4, -0.2) is 43.8 Å². The molecule has 0 radical (unpaired) electrons. The lowest BCUT2D eigenvalue weighted by Gasteiger charge is -2.34. The highest BCUT2D eigenvalue weighted by molar-refractivity contribution is 7.92. The van der Waals surface area contributed by atoms with E-state index in [-0.39, 0.29) is 35.2 Å². The summed E-state index contributed by atoms with van der Waals surface area (Å²) in [5.41, 5.74) is 1.13. The van der Waals surface area contributed by atoms with Gasteiger partial charge in [0.15, 0.2) is 0 Å². The quantitative estimate of drug-likeness (QED) is 0.208. The van der Waals surface area contributed by atoms with Gasteiger partial charge in [0.05, 0.1) is 10.6 Å². The van der Waals surface area contributed by atoms with Crippen LogP contribution in [0.2, 0.25) is 0 Å². The Morgan fingerprint density at radius 1 is 0.818 bits per heavy atom. The van der Waals surface area contributed by atoms with Crippen LogP contribution in [0.5, 0.6) is 0 Å². The fraction of sp³-hybridized carbons (Fsp3) is 0.235. The zero-order valence-electron chi connectivity index (χ0n) is 24.6. The molecule has 0 aliphatic heterocycles. The summed E-state index contributed by atoms with van der Waals surface area (Å²) in [5.74, 6) is -2.34. The molecule has 0 saturated carbocycles. The topological polar surface area (TPSA) is 86.8 Å². The summed E-state index contributed by atoms with van der Waals surface area (Å²) in [5, 5.41) is 2.94. The summed E-state index contributed by atoms with van der Waals surface area (Å²) in [6.45, 7) is 2.78. The van der Waals surface area contributed by atoms with E-state index in [0.29, 0.717) is 6.42 Å². The van der Waals surface area contributed by atoms with E-state index in [4.69, 9.17) is 0 Å². The van der Waals surface area contributed by atoms with Crippen molar-refractivity contribution in [2.75, 3.05) is 10.8 Å². The van der Waals surface area contributed by atoms with E-state index in [0.717, 1.165) is 34.1 Å². The maximum Gasteiger partial charge on any atom is 0.264 e. The second-order valence-electron chi connectivity index (χ2n) is 10.4. The smallest absolute Gasteiger partial charge is 0.264 e. The molecule has 7 nitrogen and oxygen atoms in total. The number of hydrogen-bond donors (Lipinski definition) is 1. The Hall–Kier alpha value is -4.57. The molecule has 0 fully saturated rings. The van der Waals surface area contributed by atoms with Gasteiger partial charge in [-0.3, -0.25) is 13.9 Å². The van der Waals surface area contributed by atoms with Gasteiger partial charge in [0, 0.05) is 24.6 Å². The van der Waals surface area contributed by atoms with E-state index >= 15 is 0 Å². The Balaban J connectivity index is 1.80. The minimum atomic E-state index is -4.36. The first kappa shape index (κ1) is 32.3. The first-order valence-electron chi connectivity index (χ1n) is 14.3. The predicted molar refractivity (Wildman–Crippen MR) is 166 cm³/mol. The number of amides is 2. The van der Waals surface area contributed by atoms with Crippen molar-refractivity contribution in [3.05, 3.63) is 132 Å². The molecular weight excluding hydrogens is 584 g/mol. The number of anilines is 1. The highest BCUT2D eigenvalue weighted by atomic mass is 32.2. The molecule has 10 heteroatoms. The zero-order chi connectivity index (χ0) is 31.7. The van der Waals surface area contributed by atoms with E-state index < -0.39 is 46.1 Å². The number of hydrogen-bond acceptors (Lipinski definition) is 4. The predicted octanol–water partition coefficient (Wildman–Crippen LogP) is 5.71. The van der Waals surface area contributed by atoms with Crippen LogP contribution >= 0.6 is 0 Å². The monoisotopic (exact) mass is 619 g/mol. The number of rotatable bonds is 13. The van der Waals surface area contributed by atoms with E-state index in [9.17, 15) is 26.8 Å². The first-order chi connectivity index (χ1) is 21.1. The van der Waals surface area contributed by atoms with Crippen LogP contribution in [0.4, 0.5) is 14.5 Å². The third kappa shape index (κ3) is 8.08. The Morgan fingerprint density at radius 3 is 2.02 bits per heavy atom. The molecule has 4 aromatic carbocycles. The second kappa shape index (κ2) is 14.7. The van der Waals surface area contributed by atoms with Crippen molar-refractivity contribution in [2.45, 2.75) is 50.2 Å². The number of nitrogens with zero attached hydrogens (tertiary/aromatic N) is 2. The molecule has 0 aliphatic carbocycles. The molecule has 0 bridgehead atoms. The Morgan fingerprint density at radius 2 is 1.41 bits per heavy atom. The van der Waals surface area contributed by atoms with E-state index in [2.05, 4.69) is 5.32 Å². The molecule has 230 valence electrons. The molecule has 2 amide bonds. The van der Waals surface area contributed by atoms with E-state index in [1.165, 1.54) is 35.2 Å². The van der Waals surface area contributed by atoms with Crippen LogP contribution in [0, 0.1) is 11.6 Å². The SMILES string of the molecule is CCC(C)NC(=O)C(Cc1ccccc1)N(Cc1ccccc1F)C(=O)CN(c1ccccc1)S(=O)(=O)c1ccc(F)cc1. The summed E-state index contributed by atoms with van der Waals surface area (Å²) >= 11 is 0. The van der Waals surface area contributed by atoms with Crippen molar-refractivity contribution in [1.82, 2.24) is 10.2 Å². The van der Waals surface area contributed by atoms with Gasteiger partial charge >= 0.3 is 0 Å². The van der Waals surface area contributed by atoms with Gasteiger partial charge in [0.2, 0.25) is 11.8 Å². The Kier molecular flexibility index (Phi) is 10.8. The van der Waals surface area contributed by atoms with E-state index in [1.54, 1.807) is 24.3 Å². The lowest BCUT2D eigenvalue weighted by atomic mass is 10.0. The van der Waals surface area contributed by atoms with Gasteiger partial charge in [-0.05, 0) is 61.4 Å². The highest BCUT2D eigenvalue weighted by Gasteiger charge is 2.35. The van der Waals surface area contributed by atoms with Crippen LogP contribution in [-0.2, 0) is 32.6 Å². The summed E-state index contributed by atoms with van der Waals surface area (Å²) in [4.78, 5) is 29.1. The normalized spacial score (nSPS) is 12.6. The summed E-state index contributed by atoms with van der Waals surface area (Å²) in [7, 11) is -4.36. The van der Waals surface area contributed by atoms with Crippen molar-refractivity contribution >= 4 is 27.5 Å². The summed E-state index contributed by atoms with van der Waals surface area (Å²) in [6, 6.07) is 26.1. The van der Waals surface area contributed by atoms with Gasteiger partial charge in [0.25, 0.3) is 10.0 Å². The molecule has 44 heavy (non-hydrogen) atoms. The van der Waals surface area contributed by atoms with Gasteiger partial charge < -0.3 is 10.2 Å². The maximum absolute atomic E-state index is 15.0. The van der Waals surface area contributed by atoms with Crippen molar-refractivity contribution in [1.29, 1.82) is 0 Å². The third-order valence-electron chi connectivity index (χ3n) is 7.30. The number of benzene rings is 4. The van der Waals surface area contributed by atoms with Gasteiger partial charge in [-0.15, -0.1) is 0 Å².